The maximum atomic E-state index is 12.9. The quantitative estimate of drug-likeness (QED) is 0.841. The number of nitrogens with one attached hydrogen (secondary N) is 1. The van der Waals surface area contributed by atoms with Gasteiger partial charge in [0.05, 0.1) is 18.7 Å². The number of rotatable bonds is 5. The zero-order valence-corrected chi connectivity index (χ0v) is 16.3. The fourth-order valence-electron chi connectivity index (χ4n) is 4.08. The van der Waals surface area contributed by atoms with Crippen LogP contribution >= 0.6 is 0 Å². The van der Waals surface area contributed by atoms with Gasteiger partial charge in [0.15, 0.2) is 0 Å². The van der Waals surface area contributed by atoms with Gasteiger partial charge in [-0.05, 0) is 37.1 Å². The third-order valence-corrected chi connectivity index (χ3v) is 5.74. The molecule has 1 N–H and O–H groups in total. The lowest BCUT2D eigenvalue weighted by Crippen LogP contribution is -2.45. The zero-order valence-electron chi connectivity index (χ0n) is 16.3. The number of para-hydroxylation sites is 1. The molecule has 3 amide bonds. The Labute approximate surface area is 169 Å². The number of carbonyl (C=O) groups is 3. The number of likely N-dealkylation sites (tertiary alicyclic amines) is 1. The van der Waals surface area contributed by atoms with E-state index in [1.54, 1.807) is 17.2 Å². The highest BCUT2D eigenvalue weighted by molar-refractivity contribution is 6.00. The number of carbonyl (C=O) groups excluding carboxylic acids is 3. The van der Waals surface area contributed by atoms with Crippen LogP contribution in [0.2, 0.25) is 0 Å². The predicted octanol–water partition coefficient (Wildman–Crippen LogP) is 2.19. The average Bonchev–Trinajstić information content (AvgIpc) is 3.42. The summed E-state index contributed by atoms with van der Waals surface area (Å²) >= 11 is 0. The molecule has 29 heavy (non-hydrogen) atoms. The van der Waals surface area contributed by atoms with Gasteiger partial charge in [-0.3, -0.25) is 14.4 Å². The summed E-state index contributed by atoms with van der Waals surface area (Å²) in [7, 11) is 0. The number of hydrogen-bond acceptors (Lipinski definition) is 4. The molecular formula is C22H25N3O4. The zero-order chi connectivity index (χ0) is 20.2. The molecule has 0 saturated carbocycles. The lowest BCUT2D eigenvalue weighted by atomic mass is 9.94. The Morgan fingerprint density at radius 1 is 1.03 bits per heavy atom. The highest BCUT2D eigenvalue weighted by Crippen LogP contribution is 2.27. The summed E-state index contributed by atoms with van der Waals surface area (Å²) in [6.45, 7) is 1.90. The minimum absolute atomic E-state index is 0.000189. The fourth-order valence-corrected chi connectivity index (χ4v) is 4.08. The molecule has 0 radical (unpaired) electrons. The molecule has 2 aliphatic heterocycles. The molecule has 1 aromatic carbocycles. The average molecular weight is 395 g/mol. The molecule has 0 spiro atoms. The van der Waals surface area contributed by atoms with Gasteiger partial charge in [-0.2, -0.15) is 0 Å². The van der Waals surface area contributed by atoms with Crippen molar-refractivity contribution in [3.63, 3.8) is 0 Å². The third-order valence-electron chi connectivity index (χ3n) is 5.74. The van der Waals surface area contributed by atoms with E-state index in [1.807, 2.05) is 41.3 Å². The minimum atomic E-state index is -0.313. The Morgan fingerprint density at radius 2 is 1.79 bits per heavy atom. The van der Waals surface area contributed by atoms with Crippen LogP contribution in [-0.2, 0) is 20.9 Å². The van der Waals surface area contributed by atoms with Gasteiger partial charge < -0.3 is 19.5 Å². The topological polar surface area (TPSA) is 82.9 Å². The van der Waals surface area contributed by atoms with Crippen molar-refractivity contribution in [2.45, 2.75) is 25.8 Å². The Bertz CT molecular complexity index is 857. The number of amides is 3. The first-order chi connectivity index (χ1) is 14.1. The van der Waals surface area contributed by atoms with E-state index in [2.05, 4.69) is 5.32 Å². The van der Waals surface area contributed by atoms with E-state index < -0.39 is 0 Å². The van der Waals surface area contributed by atoms with Crippen molar-refractivity contribution in [1.29, 1.82) is 0 Å². The van der Waals surface area contributed by atoms with Gasteiger partial charge in [-0.25, -0.2) is 0 Å². The summed E-state index contributed by atoms with van der Waals surface area (Å²) in [6, 6.07) is 13.1. The molecule has 0 aliphatic carbocycles. The summed E-state index contributed by atoms with van der Waals surface area (Å²) in [6.07, 6.45) is 3.10. The van der Waals surface area contributed by atoms with Crippen molar-refractivity contribution in [3.05, 3.63) is 54.5 Å². The maximum Gasteiger partial charge on any atom is 0.228 e. The molecule has 2 aromatic rings. The Hall–Kier alpha value is -3.09. The molecule has 152 valence electrons. The Kier molecular flexibility index (Phi) is 5.64. The number of hydrogen-bond donors (Lipinski definition) is 1. The van der Waals surface area contributed by atoms with E-state index in [9.17, 15) is 14.4 Å². The second-order valence-electron chi connectivity index (χ2n) is 7.64. The third kappa shape index (κ3) is 4.34. The molecule has 2 saturated heterocycles. The minimum Gasteiger partial charge on any atom is -0.467 e. The molecule has 1 atom stereocenters. The second kappa shape index (κ2) is 8.51. The van der Waals surface area contributed by atoms with Crippen molar-refractivity contribution in [2.24, 2.45) is 11.8 Å². The first kappa shape index (κ1) is 19.2. The SMILES string of the molecule is O=C(NCc1ccco1)C1CCN(C(=O)C2CC(=O)N(c3ccccc3)C2)CC1. The smallest absolute Gasteiger partial charge is 0.228 e. The van der Waals surface area contributed by atoms with Crippen LogP contribution in [0, 0.1) is 11.8 Å². The monoisotopic (exact) mass is 395 g/mol. The number of furan rings is 1. The molecule has 4 rings (SSSR count). The van der Waals surface area contributed by atoms with Crippen LogP contribution in [0.4, 0.5) is 5.69 Å². The van der Waals surface area contributed by atoms with E-state index in [1.165, 1.54) is 0 Å². The second-order valence-corrected chi connectivity index (χ2v) is 7.64. The van der Waals surface area contributed by atoms with Gasteiger partial charge in [-0.1, -0.05) is 18.2 Å². The van der Waals surface area contributed by atoms with Gasteiger partial charge >= 0.3 is 0 Å². The molecule has 7 nitrogen and oxygen atoms in total. The molecule has 2 fully saturated rings. The molecule has 1 aromatic heterocycles. The summed E-state index contributed by atoms with van der Waals surface area (Å²) in [4.78, 5) is 41.2. The normalized spacial score (nSPS) is 20.1. The number of nitrogens with zero attached hydrogens (tertiary/aromatic N) is 2. The molecule has 2 aliphatic rings. The van der Waals surface area contributed by atoms with Crippen LogP contribution in [-0.4, -0.2) is 42.3 Å². The van der Waals surface area contributed by atoms with E-state index in [4.69, 9.17) is 4.42 Å². The number of benzene rings is 1. The number of piperidine rings is 1. The number of anilines is 1. The summed E-state index contributed by atoms with van der Waals surface area (Å²) in [5.74, 6) is 0.319. The van der Waals surface area contributed by atoms with E-state index in [0.717, 1.165) is 11.4 Å². The summed E-state index contributed by atoms with van der Waals surface area (Å²) in [5, 5.41) is 2.90. The van der Waals surface area contributed by atoms with Crippen LogP contribution in [0.1, 0.15) is 25.0 Å². The van der Waals surface area contributed by atoms with Crippen molar-refractivity contribution < 1.29 is 18.8 Å². The van der Waals surface area contributed by atoms with Gasteiger partial charge in [-0.15, -0.1) is 0 Å². The fraction of sp³-hybridized carbons (Fsp3) is 0.409. The van der Waals surface area contributed by atoms with Gasteiger partial charge in [0, 0.05) is 37.7 Å². The standard InChI is InChI=1S/C22H25N3O4/c26-20-13-17(15-25(20)18-5-2-1-3-6-18)22(28)24-10-8-16(9-11-24)21(27)23-14-19-7-4-12-29-19/h1-7,12,16-17H,8-11,13-15H2,(H,23,27). The Morgan fingerprint density at radius 3 is 2.48 bits per heavy atom. The van der Waals surface area contributed by atoms with Crippen LogP contribution in [0.3, 0.4) is 0 Å². The lowest BCUT2D eigenvalue weighted by Gasteiger charge is -2.32. The predicted molar refractivity (Wildman–Crippen MR) is 107 cm³/mol. The molecule has 7 heteroatoms. The Balaban J connectivity index is 1.27. The van der Waals surface area contributed by atoms with Gasteiger partial charge in [0.25, 0.3) is 0 Å². The van der Waals surface area contributed by atoms with Crippen LogP contribution in [0.5, 0.6) is 0 Å². The van der Waals surface area contributed by atoms with Crippen molar-refractivity contribution in [1.82, 2.24) is 10.2 Å². The highest BCUT2D eigenvalue weighted by atomic mass is 16.3. The molecule has 0 bridgehead atoms. The summed E-state index contributed by atoms with van der Waals surface area (Å²) < 4.78 is 5.23. The van der Waals surface area contributed by atoms with Crippen molar-refractivity contribution in [2.75, 3.05) is 24.5 Å². The highest BCUT2D eigenvalue weighted by Gasteiger charge is 2.38. The largest absolute Gasteiger partial charge is 0.467 e. The van der Waals surface area contributed by atoms with Crippen molar-refractivity contribution >= 4 is 23.4 Å². The first-order valence-electron chi connectivity index (χ1n) is 10.1. The molecule has 3 heterocycles. The van der Waals surface area contributed by atoms with Crippen LogP contribution in [0.25, 0.3) is 0 Å². The van der Waals surface area contributed by atoms with Gasteiger partial charge in [0.2, 0.25) is 17.7 Å². The molecule has 1 unspecified atom stereocenters. The van der Waals surface area contributed by atoms with E-state index in [-0.39, 0.29) is 36.0 Å². The van der Waals surface area contributed by atoms with Crippen LogP contribution in [0.15, 0.2) is 53.1 Å². The van der Waals surface area contributed by atoms with E-state index in [0.29, 0.717) is 39.0 Å². The van der Waals surface area contributed by atoms with Crippen LogP contribution < -0.4 is 10.2 Å². The first-order valence-corrected chi connectivity index (χ1v) is 10.1. The van der Waals surface area contributed by atoms with E-state index >= 15 is 0 Å². The lowest BCUT2D eigenvalue weighted by molar-refractivity contribution is -0.139. The molecular weight excluding hydrogens is 370 g/mol. The van der Waals surface area contributed by atoms with Gasteiger partial charge in [0.1, 0.15) is 5.76 Å². The summed E-state index contributed by atoms with van der Waals surface area (Å²) in [5.41, 5.74) is 0.833. The maximum absolute atomic E-state index is 12.9. The van der Waals surface area contributed by atoms with Crippen molar-refractivity contribution in [3.8, 4) is 0 Å².